The van der Waals surface area contributed by atoms with Gasteiger partial charge in [-0.1, -0.05) is 11.6 Å². The fourth-order valence-corrected chi connectivity index (χ4v) is 3.08. The summed E-state index contributed by atoms with van der Waals surface area (Å²) in [4.78, 5) is 6.83. The number of aromatic nitrogens is 2. The number of hydrogen-bond donors (Lipinski definition) is 1. The van der Waals surface area contributed by atoms with Crippen molar-refractivity contribution in [3.05, 3.63) is 11.7 Å². The van der Waals surface area contributed by atoms with Crippen molar-refractivity contribution in [2.75, 3.05) is 0 Å². The summed E-state index contributed by atoms with van der Waals surface area (Å²) >= 11 is 0. The van der Waals surface area contributed by atoms with E-state index in [0.717, 1.165) is 24.5 Å². The molecule has 2 fully saturated rings. The lowest BCUT2D eigenvalue weighted by atomic mass is 10.0. The molecule has 6 heteroatoms. The van der Waals surface area contributed by atoms with Gasteiger partial charge in [0.1, 0.15) is 0 Å². The molecule has 0 amide bonds. The molecule has 2 aliphatic rings. The fourth-order valence-electron chi connectivity index (χ4n) is 3.08. The largest absolute Gasteiger partial charge is 0.338 e. The normalized spacial score (nSPS) is 28.1. The second-order valence-corrected chi connectivity index (χ2v) is 4.80. The van der Waals surface area contributed by atoms with Gasteiger partial charge in [-0.25, -0.2) is 0 Å². The maximum absolute atomic E-state index is 5.45. The van der Waals surface area contributed by atoms with Gasteiger partial charge >= 0.3 is 0 Å². The average molecular weight is 259 g/mol. The predicted molar refractivity (Wildman–Crippen MR) is 65.6 cm³/mol. The van der Waals surface area contributed by atoms with E-state index in [0.29, 0.717) is 12.4 Å². The average Bonchev–Trinajstić information content (AvgIpc) is 2.82. The van der Waals surface area contributed by atoms with E-state index in [1.807, 2.05) is 0 Å². The van der Waals surface area contributed by atoms with Crippen LogP contribution in [0.2, 0.25) is 0 Å². The summed E-state index contributed by atoms with van der Waals surface area (Å²) in [5.41, 5.74) is 5.45. The minimum Gasteiger partial charge on any atom is -0.338 e. The highest BCUT2D eigenvalue weighted by atomic mass is 35.5. The first-order chi connectivity index (χ1) is 7.86. The van der Waals surface area contributed by atoms with E-state index in [4.69, 9.17) is 10.3 Å². The van der Waals surface area contributed by atoms with Gasteiger partial charge in [0.05, 0.1) is 13.1 Å². The van der Waals surface area contributed by atoms with Gasteiger partial charge in [0.2, 0.25) is 5.89 Å². The summed E-state index contributed by atoms with van der Waals surface area (Å²) < 4.78 is 5.03. The standard InChI is InChI=1S/C11H18N4O.ClH/c12-6-11-13-10(14-16-11)7-15-8-2-1-3-9(15)5-4-8;/h8-9H,1-7,12H2;1H. The van der Waals surface area contributed by atoms with E-state index in [9.17, 15) is 0 Å². The van der Waals surface area contributed by atoms with E-state index in [1.54, 1.807) is 0 Å². The van der Waals surface area contributed by atoms with Crippen molar-refractivity contribution in [3.63, 3.8) is 0 Å². The zero-order valence-electron chi connectivity index (χ0n) is 9.84. The molecular formula is C11H19ClN4O. The Balaban J connectivity index is 0.00000108. The first kappa shape index (κ1) is 12.8. The van der Waals surface area contributed by atoms with Gasteiger partial charge in [-0.2, -0.15) is 4.98 Å². The van der Waals surface area contributed by atoms with Crippen LogP contribution in [0.15, 0.2) is 4.52 Å². The molecule has 3 heterocycles. The Kier molecular flexibility index (Phi) is 4.01. The first-order valence-corrected chi connectivity index (χ1v) is 6.14. The lowest BCUT2D eigenvalue weighted by molar-refractivity contribution is 0.127. The molecule has 2 N–H and O–H groups in total. The van der Waals surface area contributed by atoms with Crippen LogP contribution in [0.25, 0.3) is 0 Å². The monoisotopic (exact) mass is 258 g/mol. The Morgan fingerprint density at radius 2 is 1.94 bits per heavy atom. The van der Waals surface area contributed by atoms with Crippen LogP contribution in [-0.4, -0.2) is 27.1 Å². The van der Waals surface area contributed by atoms with Gasteiger partial charge in [0.25, 0.3) is 0 Å². The zero-order valence-corrected chi connectivity index (χ0v) is 10.7. The van der Waals surface area contributed by atoms with Gasteiger partial charge in [-0.15, -0.1) is 12.4 Å². The molecule has 2 bridgehead atoms. The first-order valence-electron chi connectivity index (χ1n) is 6.14. The summed E-state index contributed by atoms with van der Waals surface area (Å²) in [6.07, 6.45) is 6.72. The van der Waals surface area contributed by atoms with Crippen molar-refractivity contribution in [1.82, 2.24) is 15.0 Å². The fraction of sp³-hybridized carbons (Fsp3) is 0.818. The van der Waals surface area contributed by atoms with Crippen LogP contribution in [0.4, 0.5) is 0 Å². The zero-order chi connectivity index (χ0) is 11.0. The van der Waals surface area contributed by atoms with Crippen molar-refractivity contribution >= 4 is 12.4 Å². The van der Waals surface area contributed by atoms with Crippen molar-refractivity contribution in [2.24, 2.45) is 5.73 Å². The molecule has 2 unspecified atom stereocenters. The van der Waals surface area contributed by atoms with E-state index in [-0.39, 0.29) is 12.4 Å². The highest BCUT2D eigenvalue weighted by Crippen LogP contribution is 2.36. The van der Waals surface area contributed by atoms with Gasteiger partial charge in [0, 0.05) is 12.1 Å². The molecule has 5 nitrogen and oxygen atoms in total. The van der Waals surface area contributed by atoms with E-state index in [2.05, 4.69) is 15.0 Å². The number of piperidine rings is 1. The van der Waals surface area contributed by atoms with E-state index >= 15 is 0 Å². The summed E-state index contributed by atoms with van der Waals surface area (Å²) in [6.45, 7) is 1.17. The van der Waals surface area contributed by atoms with Gasteiger partial charge in [0.15, 0.2) is 5.82 Å². The number of nitrogens with zero attached hydrogens (tertiary/aromatic N) is 3. The maximum atomic E-state index is 5.45. The van der Waals surface area contributed by atoms with Crippen LogP contribution in [0.1, 0.15) is 43.8 Å². The molecule has 0 radical (unpaired) electrons. The molecule has 96 valence electrons. The molecule has 0 aromatic carbocycles. The van der Waals surface area contributed by atoms with Crippen molar-refractivity contribution in [1.29, 1.82) is 0 Å². The third kappa shape index (κ3) is 2.46. The van der Waals surface area contributed by atoms with Crippen LogP contribution in [-0.2, 0) is 13.1 Å². The van der Waals surface area contributed by atoms with Gasteiger partial charge in [-0.3, -0.25) is 4.90 Å². The Labute approximate surface area is 107 Å². The summed E-state index contributed by atoms with van der Waals surface area (Å²) in [7, 11) is 0. The Hall–Kier alpha value is -0.650. The number of rotatable bonds is 3. The number of halogens is 1. The Morgan fingerprint density at radius 1 is 1.24 bits per heavy atom. The Bertz CT molecular complexity index is 354. The second-order valence-electron chi connectivity index (χ2n) is 4.80. The van der Waals surface area contributed by atoms with Gasteiger partial charge in [-0.05, 0) is 25.7 Å². The summed E-state index contributed by atoms with van der Waals surface area (Å²) in [6, 6.07) is 1.50. The summed E-state index contributed by atoms with van der Waals surface area (Å²) in [5, 5.41) is 3.97. The smallest absolute Gasteiger partial charge is 0.240 e. The molecule has 2 atom stereocenters. The van der Waals surface area contributed by atoms with Crippen LogP contribution in [0, 0.1) is 0 Å². The lowest BCUT2D eigenvalue weighted by Crippen LogP contribution is -2.39. The molecule has 1 aromatic heterocycles. The molecular weight excluding hydrogens is 240 g/mol. The summed E-state index contributed by atoms with van der Waals surface area (Å²) in [5.74, 6) is 1.33. The molecule has 0 aliphatic carbocycles. The van der Waals surface area contributed by atoms with Crippen LogP contribution in [0.3, 0.4) is 0 Å². The molecule has 0 saturated carbocycles. The van der Waals surface area contributed by atoms with Crippen molar-refractivity contribution in [3.8, 4) is 0 Å². The molecule has 2 aliphatic heterocycles. The number of nitrogens with two attached hydrogens (primary N) is 1. The topological polar surface area (TPSA) is 68.2 Å². The minimum absolute atomic E-state index is 0. The number of hydrogen-bond acceptors (Lipinski definition) is 5. The van der Waals surface area contributed by atoms with Gasteiger partial charge < -0.3 is 10.3 Å². The molecule has 0 spiro atoms. The van der Waals surface area contributed by atoms with Crippen LogP contribution < -0.4 is 5.73 Å². The van der Waals surface area contributed by atoms with Crippen molar-refractivity contribution in [2.45, 2.75) is 57.3 Å². The second kappa shape index (κ2) is 5.33. The van der Waals surface area contributed by atoms with Crippen LogP contribution in [0.5, 0.6) is 0 Å². The third-order valence-electron chi connectivity index (χ3n) is 3.85. The molecule has 3 rings (SSSR count). The molecule has 17 heavy (non-hydrogen) atoms. The lowest BCUT2D eigenvalue weighted by Gasteiger charge is -2.33. The van der Waals surface area contributed by atoms with Crippen molar-refractivity contribution < 1.29 is 4.52 Å². The van der Waals surface area contributed by atoms with E-state index < -0.39 is 0 Å². The van der Waals surface area contributed by atoms with E-state index in [1.165, 1.54) is 32.1 Å². The third-order valence-corrected chi connectivity index (χ3v) is 3.85. The highest BCUT2D eigenvalue weighted by molar-refractivity contribution is 5.85. The predicted octanol–water partition coefficient (Wildman–Crippen LogP) is 1.47. The van der Waals surface area contributed by atoms with Crippen LogP contribution >= 0.6 is 12.4 Å². The quantitative estimate of drug-likeness (QED) is 0.889. The Morgan fingerprint density at radius 3 is 2.53 bits per heavy atom. The maximum Gasteiger partial charge on any atom is 0.240 e. The number of fused-ring (bicyclic) bond motifs is 2. The molecule has 2 saturated heterocycles. The minimum atomic E-state index is 0. The SMILES string of the molecule is Cl.NCc1nc(CN2C3CCCC2CC3)no1. The highest BCUT2D eigenvalue weighted by Gasteiger charge is 2.36. The molecule has 1 aromatic rings.